The van der Waals surface area contributed by atoms with E-state index < -0.39 is 10.0 Å². The van der Waals surface area contributed by atoms with Crippen LogP contribution in [0.25, 0.3) is 0 Å². The molecule has 1 aromatic rings. The van der Waals surface area contributed by atoms with Crippen molar-refractivity contribution in [2.75, 3.05) is 10.6 Å². The smallest absolute Gasteiger partial charge is 0.232 e. The third kappa shape index (κ3) is 1.53. The van der Waals surface area contributed by atoms with Crippen LogP contribution in [0.15, 0.2) is 36.9 Å². The van der Waals surface area contributed by atoms with Gasteiger partial charge in [0.15, 0.2) is 0 Å². The molecule has 1 aromatic carbocycles. The minimum Gasteiger partial charge on any atom is -0.263 e. The first-order valence-electron chi connectivity index (χ1n) is 5.17. The molecule has 1 aliphatic heterocycles. The summed E-state index contributed by atoms with van der Waals surface area (Å²) in [5, 5.41) is 0. The Labute approximate surface area is 96.4 Å². The Morgan fingerprint density at radius 3 is 2.56 bits per heavy atom. The second-order valence-corrected chi connectivity index (χ2v) is 5.99. The zero-order valence-electron chi connectivity index (χ0n) is 9.42. The van der Waals surface area contributed by atoms with Crippen LogP contribution in [0, 0.1) is 0 Å². The molecule has 0 radical (unpaired) electrons. The molecule has 0 aliphatic carbocycles. The number of sulfonamides is 1. The molecule has 0 amide bonds. The highest BCUT2D eigenvalue weighted by Crippen LogP contribution is 2.42. The fraction of sp³-hybridized carbons (Fsp3) is 0.333. The van der Waals surface area contributed by atoms with Gasteiger partial charge in [-0.2, -0.15) is 0 Å². The molecule has 0 spiro atoms. The molecule has 1 aliphatic rings. The number of anilines is 1. The standard InChI is InChI=1S/C12H15NO2S/c1-4-11-9(2)10-7-5-6-8-12(10)13(11)16(3,14)15/h4-9,11H,1H2,2-3H3. The molecular weight excluding hydrogens is 222 g/mol. The average Bonchev–Trinajstić information content (AvgIpc) is 2.51. The van der Waals surface area contributed by atoms with Crippen molar-refractivity contribution < 1.29 is 8.42 Å². The van der Waals surface area contributed by atoms with Crippen molar-refractivity contribution in [3.63, 3.8) is 0 Å². The lowest BCUT2D eigenvalue weighted by molar-refractivity contribution is 0.588. The Balaban J connectivity index is 2.64. The minimum absolute atomic E-state index is 0.156. The Kier molecular flexibility index (Phi) is 2.54. The molecule has 2 rings (SSSR count). The van der Waals surface area contributed by atoms with E-state index in [0.717, 1.165) is 11.3 Å². The van der Waals surface area contributed by atoms with Crippen LogP contribution in [-0.2, 0) is 10.0 Å². The molecule has 0 saturated heterocycles. The van der Waals surface area contributed by atoms with Gasteiger partial charge in [0, 0.05) is 5.92 Å². The first-order valence-corrected chi connectivity index (χ1v) is 7.02. The van der Waals surface area contributed by atoms with Gasteiger partial charge >= 0.3 is 0 Å². The van der Waals surface area contributed by atoms with Crippen LogP contribution in [0.3, 0.4) is 0 Å². The van der Waals surface area contributed by atoms with Crippen LogP contribution in [0.1, 0.15) is 18.4 Å². The second kappa shape index (κ2) is 3.63. The number of fused-ring (bicyclic) bond motifs is 1. The normalized spacial score (nSPS) is 24.2. The maximum atomic E-state index is 11.8. The molecule has 16 heavy (non-hydrogen) atoms. The molecule has 0 saturated carbocycles. The summed E-state index contributed by atoms with van der Waals surface area (Å²) in [6.45, 7) is 5.76. The van der Waals surface area contributed by atoms with Crippen molar-refractivity contribution in [3.05, 3.63) is 42.5 Å². The largest absolute Gasteiger partial charge is 0.263 e. The zero-order valence-corrected chi connectivity index (χ0v) is 10.2. The van der Waals surface area contributed by atoms with Crippen LogP contribution >= 0.6 is 0 Å². The van der Waals surface area contributed by atoms with Crippen molar-refractivity contribution in [2.45, 2.75) is 18.9 Å². The van der Waals surface area contributed by atoms with Gasteiger partial charge in [0.1, 0.15) is 0 Å². The third-order valence-corrected chi connectivity index (χ3v) is 4.20. The second-order valence-electron chi connectivity index (χ2n) is 4.13. The lowest BCUT2D eigenvalue weighted by Crippen LogP contribution is -2.36. The maximum absolute atomic E-state index is 11.8. The molecule has 86 valence electrons. The van der Waals surface area contributed by atoms with E-state index in [0.29, 0.717) is 0 Å². The summed E-state index contributed by atoms with van der Waals surface area (Å²) in [7, 11) is -3.25. The van der Waals surface area contributed by atoms with Gasteiger partial charge in [0.05, 0.1) is 18.0 Å². The topological polar surface area (TPSA) is 37.4 Å². The SMILES string of the molecule is C=CC1C(C)c2ccccc2N1S(C)(=O)=O. The van der Waals surface area contributed by atoms with E-state index in [2.05, 4.69) is 6.58 Å². The summed E-state index contributed by atoms with van der Waals surface area (Å²) in [5.74, 6) is 0.156. The van der Waals surface area contributed by atoms with Crippen LogP contribution in [0.2, 0.25) is 0 Å². The van der Waals surface area contributed by atoms with E-state index in [1.807, 2.05) is 31.2 Å². The zero-order chi connectivity index (χ0) is 11.9. The van der Waals surface area contributed by atoms with Crippen molar-refractivity contribution in [3.8, 4) is 0 Å². The summed E-state index contributed by atoms with van der Waals surface area (Å²) in [4.78, 5) is 0. The fourth-order valence-corrected chi connectivity index (χ4v) is 3.55. The Bertz CT molecular complexity index is 522. The lowest BCUT2D eigenvalue weighted by atomic mass is 9.98. The predicted octanol–water partition coefficient (Wildman–Crippen LogP) is 2.12. The number of nitrogens with zero attached hydrogens (tertiary/aromatic N) is 1. The fourth-order valence-electron chi connectivity index (χ4n) is 2.32. The highest BCUT2D eigenvalue weighted by Gasteiger charge is 2.38. The molecule has 0 bridgehead atoms. The Morgan fingerprint density at radius 2 is 2.00 bits per heavy atom. The van der Waals surface area contributed by atoms with Gasteiger partial charge in [-0.1, -0.05) is 31.2 Å². The summed E-state index contributed by atoms with van der Waals surface area (Å²) < 4.78 is 25.0. The number of para-hydroxylation sites is 1. The Morgan fingerprint density at radius 1 is 1.38 bits per heavy atom. The maximum Gasteiger partial charge on any atom is 0.232 e. The van der Waals surface area contributed by atoms with Gasteiger partial charge in [0.2, 0.25) is 10.0 Å². The summed E-state index contributed by atoms with van der Waals surface area (Å²) in [6, 6.07) is 7.43. The number of hydrogen-bond donors (Lipinski definition) is 0. The van der Waals surface area contributed by atoms with Crippen LogP contribution in [-0.4, -0.2) is 20.7 Å². The van der Waals surface area contributed by atoms with Gasteiger partial charge in [-0.15, -0.1) is 6.58 Å². The highest BCUT2D eigenvalue weighted by atomic mass is 32.2. The molecule has 0 N–H and O–H groups in total. The molecule has 3 nitrogen and oxygen atoms in total. The van der Waals surface area contributed by atoms with Crippen LogP contribution < -0.4 is 4.31 Å². The minimum atomic E-state index is -3.25. The van der Waals surface area contributed by atoms with Crippen LogP contribution in [0.5, 0.6) is 0 Å². The number of hydrogen-bond acceptors (Lipinski definition) is 2. The van der Waals surface area contributed by atoms with Gasteiger partial charge < -0.3 is 0 Å². The van der Waals surface area contributed by atoms with E-state index in [9.17, 15) is 8.42 Å². The first-order chi connectivity index (χ1) is 7.46. The van der Waals surface area contributed by atoms with Crippen LogP contribution in [0.4, 0.5) is 5.69 Å². The van der Waals surface area contributed by atoms with Crippen molar-refractivity contribution >= 4 is 15.7 Å². The monoisotopic (exact) mass is 237 g/mol. The third-order valence-electron chi connectivity index (χ3n) is 3.05. The molecule has 1 heterocycles. The van der Waals surface area contributed by atoms with E-state index in [1.165, 1.54) is 10.6 Å². The average molecular weight is 237 g/mol. The highest BCUT2D eigenvalue weighted by molar-refractivity contribution is 7.92. The van der Waals surface area contributed by atoms with Gasteiger partial charge in [-0.3, -0.25) is 4.31 Å². The lowest BCUT2D eigenvalue weighted by Gasteiger charge is -2.24. The van der Waals surface area contributed by atoms with Crippen molar-refractivity contribution in [1.82, 2.24) is 0 Å². The van der Waals surface area contributed by atoms with Gasteiger partial charge in [0.25, 0.3) is 0 Å². The predicted molar refractivity (Wildman–Crippen MR) is 66.2 cm³/mol. The summed E-state index contributed by atoms with van der Waals surface area (Å²) >= 11 is 0. The Hall–Kier alpha value is -1.29. The molecule has 2 unspecified atom stereocenters. The van der Waals surface area contributed by atoms with Crippen molar-refractivity contribution in [1.29, 1.82) is 0 Å². The van der Waals surface area contributed by atoms with E-state index in [1.54, 1.807) is 6.08 Å². The molecule has 0 fully saturated rings. The van der Waals surface area contributed by atoms with Gasteiger partial charge in [-0.05, 0) is 11.6 Å². The summed E-state index contributed by atoms with van der Waals surface area (Å²) in [6.07, 6.45) is 2.93. The van der Waals surface area contributed by atoms with E-state index in [-0.39, 0.29) is 12.0 Å². The van der Waals surface area contributed by atoms with Gasteiger partial charge in [-0.25, -0.2) is 8.42 Å². The number of benzene rings is 1. The molecule has 0 aromatic heterocycles. The quantitative estimate of drug-likeness (QED) is 0.739. The molecule has 2 atom stereocenters. The first kappa shape index (κ1) is 11.2. The van der Waals surface area contributed by atoms with E-state index >= 15 is 0 Å². The number of rotatable bonds is 2. The van der Waals surface area contributed by atoms with E-state index in [4.69, 9.17) is 0 Å². The molecular formula is C12H15NO2S. The van der Waals surface area contributed by atoms with Crippen molar-refractivity contribution in [2.24, 2.45) is 0 Å². The molecule has 4 heteroatoms. The summed E-state index contributed by atoms with van der Waals surface area (Å²) in [5.41, 5.74) is 1.85.